The molecule has 66 valence electrons. The Morgan fingerprint density at radius 3 is 2.45 bits per heavy atom. The second-order valence-electron chi connectivity index (χ2n) is 2.42. The van der Waals surface area contributed by atoms with Crippen LogP contribution in [0, 0.1) is 5.92 Å². The van der Waals surface area contributed by atoms with Gasteiger partial charge in [0.25, 0.3) is 0 Å². The van der Waals surface area contributed by atoms with E-state index in [0.29, 0.717) is 4.99 Å². The number of rotatable bonds is 4. The van der Waals surface area contributed by atoms with E-state index in [9.17, 15) is 8.42 Å². The number of thiocarbonyl (C=S) groups is 1. The lowest BCUT2D eigenvalue weighted by Gasteiger charge is -2.08. The van der Waals surface area contributed by atoms with Gasteiger partial charge in [0.1, 0.15) is 0 Å². The molecule has 0 aliphatic carbocycles. The van der Waals surface area contributed by atoms with Crippen molar-refractivity contribution >= 4 is 27.2 Å². The molecule has 0 bridgehead atoms. The Bertz CT molecular complexity index is 235. The van der Waals surface area contributed by atoms with E-state index in [0.717, 1.165) is 6.26 Å². The lowest BCUT2D eigenvalue weighted by molar-refractivity contribution is 0.581. The molecule has 0 heterocycles. The first kappa shape index (κ1) is 10.8. The van der Waals surface area contributed by atoms with Gasteiger partial charge in [-0.1, -0.05) is 19.1 Å². The van der Waals surface area contributed by atoms with Gasteiger partial charge in [-0.2, -0.15) is 0 Å². The average Bonchev–Trinajstić information content (AvgIpc) is 1.80. The van der Waals surface area contributed by atoms with E-state index in [-0.39, 0.29) is 12.5 Å². The zero-order valence-electron chi connectivity index (χ0n) is 6.49. The highest BCUT2D eigenvalue weighted by molar-refractivity contribution is 7.88. The van der Waals surface area contributed by atoms with Crippen LogP contribution in [0.25, 0.3) is 0 Å². The van der Waals surface area contributed by atoms with Crippen LogP contribution in [0.3, 0.4) is 0 Å². The molecule has 3 N–H and O–H groups in total. The van der Waals surface area contributed by atoms with Gasteiger partial charge in [0.15, 0.2) is 0 Å². The van der Waals surface area contributed by atoms with Crippen LogP contribution in [0.2, 0.25) is 0 Å². The Morgan fingerprint density at radius 2 is 2.18 bits per heavy atom. The van der Waals surface area contributed by atoms with Crippen LogP contribution < -0.4 is 10.5 Å². The second kappa shape index (κ2) is 3.99. The Hall–Kier alpha value is -0.200. The van der Waals surface area contributed by atoms with Gasteiger partial charge in [-0.05, 0) is 0 Å². The Kier molecular flexibility index (Phi) is 3.91. The van der Waals surface area contributed by atoms with E-state index in [1.807, 2.05) is 0 Å². The summed E-state index contributed by atoms with van der Waals surface area (Å²) in [5.41, 5.74) is 5.26. The molecule has 0 saturated heterocycles. The molecule has 0 spiro atoms. The van der Waals surface area contributed by atoms with Crippen molar-refractivity contribution in [1.29, 1.82) is 0 Å². The smallest absolute Gasteiger partial charge is 0.208 e. The van der Waals surface area contributed by atoms with E-state index in [4.69, 9.17) is 5.73 Å². The monoisotopic (exact) mass is 196 g/mol. The highest BCUT2D eigenvalue weighted by Gasteiger charge is 2.07. The minimum absolute atomic E-state index is 0.0975. The molecule has 0 aliphatic heterocycles. The van der Waals surface area contributed by atoms with Crippen molar-refractivity contribution in [3.8, 4) is 0 Å². The predicted octanol–water partition coefficient (Wildman–Crippen LogP) is -0.542. The lowest BCUT2D eigenvalue weighted by atomic mass is 10.2. The van der Waals surface area contributed by atoms with Crippen molar-refractivity contribution in [1.82, 2.24) is 4.72 Å². The van der Waals surface area contributed by atoms with Crippen LogP contribution in [0.15, 0.2) is 0 Å². The van der Waals surface area contributed by atoms with Crippen molar-refractivity contribution in [2.24, 2.45) is 11.7 Å². The van der Waals surface area contributed by atoms with Crippen molar-refractivity contribution in [2.75, 3.05) is 12.8 Å². The largest absolute Gasteiger partial charge is 0.393 e. The summed E-state index contributed by atoms with van der Waals surface area (Å²) in [7, 11) is -3.12. The third kappa shape index (κ3) is 6.21. The summed E-state index contributed by atoms with van der Waals surface area (Å²) < 4.78 is 23.4. The second-order valence-corrected chi connectivity index (χ2v) is 4.73. The van der Waals surface area contributed by atoms with Crippen molar-refractivity contribution < 1.29 is 8.42 Å². The van der Waals surface area contributed by atoms with Crippen LogP contribution in [0.1, 0.15) is 6.92 Å². The first-order valence-electron chi connectivity index (χ1n) is 3.07. The van der Waals surface area contributed by atoms with Crippen LogP contribution in [0.5, 0.6) is 0 Å². The van der Waals surface area contributed by atoms with Crippen molar-refractivity contribution in [2.45, 2.75) is 6.92 Å². The molecule has 0 aromatic rings. The molecule has 0 aromatic carbocycles. The average molecular weight is 196 g/mol. The minimum Gasteiger partial charge on any atom is -0.393 e. The predicted molar refractivity (Wildman–Crippen MR) is 48.8 cm³/mol. The topological polar surface area (TPSA) is 72.2 Å². The quantitative estimate of drug-likeness (QED) is 0.592. The number of hydrogen-bond acceptors (Lipinski definition) is 3. The molecule has 11 heavy (non-hydrogen) atoms. The highest BCUT2D eigenvalue weighted by atomic mass is 32.2. The summed E-state index contributed by atoms with van der Waals surface area (Å²) in [6.45, 7) is 2.04. The maximum atomic E-state index is 10.6. The summed E-state index contributed by atoms with van der Waals surface area (Å²) in [5.74, 6) is -0.0975. The van der Waals surface area contributed by atoms with E-state index < -0.39 is 10.0 Å². The molecule has 0 aromatic heterocycles. The molecule has 0 saturated carbocycles. The molecule has 4 nitrogen and oxygen atoms in total. The molecule has 0 radical (unpaired) electrons. The van der Waals surface area contributed by atoms with Gasteiger partial charge < -0.3 is 5.73 Å². The van der Waals surface area contributed by atoms with Gasteiger partial charge in [0, 0.05) is 12.5 Å². The SMILES string of the molecule is CC(CNS(C)(=O)=O)C(N)=S. The van der Waals surface area contributed by atoms with E-state index in [1.54, 1.807) is 6.92 Å². The van der Waals surface area contributed by atoms with Crippen molar-refractivity contribution in [3.63, 3.8) is 0 Å². The van der Waals surface area contributed by atoms with E-state index in [1.165, 1.54) is 0 Å². The molecule has 0 rings (SSSR count). The number of nitrogens with one attached hydrogen (secondary N) is 1. The third-order valence-electron chi connectivity index (χ3n) is 1.14. The zero-order chi connectivity index (χ0) is 9.07. The van der Waals surface area contributed by atoms with Gasteiger partial charge in [0.2, 0.25) is 10.0 Å². The van der Waals surface area contributed by atoms with Gasteiger partial charge in [0.05, 0.1) is 11.2 Å². The maximum Gasteiger partial charge on any atom is 0.208 e. The summed E-state index contributed by atoms with van der Waals surface area (Å²) >= 11 is 4.65. The Labute approximate surface area is 72.2 Å². The number of nitrogens with two attached hydrogens (primary N) is 1. The molecule has 0 amide bonds. The minimum atomic E-state index is -3.12. The van der Waals surface area contributed by atoms with Gasteiger partial charge in [-0.3, -0.25) is 0 Å². The van der Waals surface area contributed by atoms with Crippen LogP contribution in [0.4, 0.5) is 0 Å². The fraction of sp³-hybridized carbons (Fsp3) is 0.800. The Morgan fingerprint density at radius 1 is 1.73 bits per heavy atom. The first-order chi connectivity index (χ1) is 4.83. The molecule has 1 atom stereocenters. The van der Waals surface area contributed by atoms with E-state index >= 15 is 0 Å². The normalized spacial score (nSPS) is 14.4. The first-order valence-corrected chi connectivity index (χ1v) is 5.37. The number of hydrogen-bond donors (Lipinski definition) is 2. The fourth-order valence-corrected chi connectivity index (χ4v) is 1.01. The molecular weight excluding hydrogens is 184 g/mol. The molecular formula is C5H12N2O2S2. The highest BCUT2D eigenvalue weighted by Crippen LogP contribution is 1.92. The van der Waals surface area contributed by atoms with Gasteiger partial charge in [-0.15, -0.1) is 0 Å². The summed E-state index contributed by atoms with van der Waals surface area (Å²) in [6.07, 6.45) is 1.10. The molecule has 0 aliphatic rings. The van der Waals surface area contributed by atoms with E-state index in [2.05, 4.69) is 16.9 Å². The van der Waals surface area contributed by atoms with Gasteiger partial charge in [-0.25, -0.2) is 13.1 Å². The van der Waals surface area contributed by atoms with Crippen LogP contribution in [-0.2, 0) is 10.0 Å². The standard InChI is InChI=1S/C5H12N2O2S2/c1-4(5(6)10)3-7-11(2,8)9/h4,7H,3H2,1-2H3,(H2,6,10). The Balaban J connectivity index is 3.82. The number of sulfonamides is 1. The summed E-state index contributed by atoms with van der Waals surface area (Å²) in [5, 5.41) is 0. The van der Waals surface area contributed by atoms with Crippen LogP contribution in [-0.4, -0.2) is 26.2 Å². The van der Waals surface area contributed by atoms with Crippen molar-refractivity contribution in [3.05, 3.63) is 0 Å². The molecule has 6 heteroatoms. The lowest BCUT2D eigenvalue weighted by Crippen LogP contribution is -2.32. The summed E-state index contributed by atoms with van der Waals surface area (Å²) in [4.78, 5) is 0.321. The third-order valence-corrected chi connectivity index (χ3v) is 2.23. The fourth-order valence-electron chi connectivity index (χ4n) is 0.377. The van der Waals surface area contributed by atoms with Gasteiger partial charge >= 0.3 is 0 Å². The maximum absolute atomic E-state index is 10.6. The zero-order valence-corrected chi connectivity index (χ0v) is 8.13. The molecule has 0 fully saturated rings. The molecule has 1 unspecified atom stereocenters. The van der Waals surface area contributed by atoms with Crippen LogP contribution >= 0.6 is 12.2 Å². The summed E-state index contributed by atoms with van der Waals surface area (Å²) in [6, 6.07) is 0.